The molecule has 2 rings (SSSR count). The highest BCUT2D eigenvalue weighted by molar-refractivity contribution is 5.95. The van der Waals surface area contributed by atoms with Crippen LogP contribution in [0.5, 0.6) is 0 Å². The Balaban J connectivity index is 2.67. The molecule has 1 heterocycles. The monoisotopic (exact) mass is 161 g/mol. The first-order chi connectivity index (χ1) is 5.79. The van der Waals surface area contributed by atoms with E-state index in [2.05, 4.69) is 4.99 Å². The van der Waals surface area contributed by atoms with Gasteiger partial charge in [0.2, 0.25) is 0 Å². The van der Waals surface area contributed by atoms with Gasteiger partial charge in [-0.3, -0.25) is 0 Å². The normalized spacial score (nSPS) is 14.7. The van der Waals surface area contributed by atoms with Crippen molar-refractivity contribution < 1.29 is 9.55 Å². The number of fused-ring (bicyclic) bond motifs is 1. The summed E-state index contributed by atoms with van der Waals surface area (Å²) in [6, 6.07) is 6.04. The number of rotatable bonds is 0. The van der Waals surface area contributed by atoms with E-state index in [0.29, 0.717) is 11.3 Å². The average molecular weight is 161 g/mol. The molecule has 2 amide bonds. The van der Waals surface area contributed by atoms with E-state index < -0.39 is 6.03 Å². The number of aliphatic imine (C=N–C) groups is 1. The fourth-order valence-electron chi connectivity index (χ4n) is 1.06. The van der Waals surface area contributed by atoms with Gasteiger partial charge in [-0.05, 0) is 17.1 Å². The van der Waals surface area contributed by atoms with E-state index in [1.165, 1.54) is 6.21 Å². The van der Waals surface area contributed by atoms with Gasteiger partial charge >= 0.3 is 6.03 Å². The number of urea groups is 1. The molecule has 1 aromatic rings. The molecule has 1 aromatic carbocycles. The number of benzene rings is 1. The Bertz CT molecular complexity index is 396. The van der Waals surface area contributed by atoms with Gasteiger partial charge in [-0.2, -0.15) is 4.79 Å². The number of nitroso groups, excluding NO2 is 1. The lowest BCUT2D eigenvalue weighted by Gasteiger charge is -1.98. The molecule has 0 aromatic heterocycles. The molecule has 4 nitrogen and oxygen atoms in total. The summed E-state index contributed by atoms with van der Waals surface area (Å²) in [4.78, 5) is 25.2. The highest BCUT2D eigenvalue weighted by atomic mass is 16.3. The molecule has 0 unspecified atom stereocenters. The fourth-order valence-corrected chi connectivity index (χ4v) is 1.06. The zero-order valence-corrected chi connectivity index (χ0v) is 6.10. The van der Waals surface area contributed by atoms with Crippen molar-refractivity contribution in [3.8, 4) is 0 Å². The topological polar surface area (TPSA) is 49.5 Å². The summed E-state index contributed by atoms with van der Waals surface area (Å²) in [6.07, 6.45) is 1.39. The van der Waals surface area contributed by atoms with Crippen molar-refractivity contribution in [2.75, 3.05) is 0 Å². The maximum Gasteiger partial charge on any atom is 0.584 e. The summed E-state index contributed by atoms with van der Waals surface area (Å²) >= 11 is 0. The van der Waals surface area contributed by atoms with E-state index in [-0.39, 0.29) is 4.76 Å². The Kier molecular flexibility index (Phi) is 1.33. The first kappa shape index (κ1) is 6.84. The number of nitrogens with zero attached hydrogens (tertiary/aromatic N) is 2. The number of hydrogen-bond acceptors (Lipinski definition) is 2. The lowest BCUT2D eigenvalue weighted by Crippen LogP contribution is -2.14. The Hall–Kier alpha value is -1.84. The van der Waals surface area contributed by atoms with Crippen LogP contribution >= 0.6 is 0 Å². The van der Waals surface area contributed by atoms with Crippen LogP contribution < -0.4 is 0 Å². The molecule has 0 N–H and O–H groups in total. The second kappa shape index (κ2) is 2.34. The van der Waals surface area contributed by atoms with Gasteiger partial charge in [0.15, 0.2) is 11.9 Å². The van der Waals surface area contributed by atoms with Gasteiger partial charge in [-0.25, -0.2) is 0 Å². The van der Waals surface area contributed by atoms with Crippen LogP contribution in [0.15, 0.2) is 29.3 Å². The minimum Gasteiger partial charge on any atom is -0.190 e. The standard InChI is InChI=1S/C8H5N2O2/c11-8-9-5-6-3-1-2-4-7(6)10(8)12/h1-5H/q+1. The van der Waals surface area contributed by atoms with Crippen molar-refractivity contribution in [1.82, 2.24) is 0 Å². The van der Waals surface area contributed by atoms with E-state index in [4.69, 9.17) is 0 Å². The highest BCUT2D eigenvalue weighted by Crippen LogP contribution is 2.19. The SMILES string of the molecule is O=C1N=Cc2ccccc2[N+]1=O. The molecule has 58 valence electrons. The smallest absolute Gasteiger partial charge is 0.190 e. The lowest BCUT2D eigenvalue weighted by atomic mass is 10.2. The van der Waals surface area contributed by atoms with Crippen molar-refractivity contribution in [2.24, 2.45) is 4.99 Å². The molecular formula is C8H5N2O2+. The van der Waals surface area contributed by atoms with Gasteiger partial charge < -0.3 is 0 Å². The van der Waals surface area contributed by atoms with Gasteiger partial charge in [0, 0.05) is 0 Å². The van der Waals surface area contributed by atoms with Gasteiger partial charge in [-0.15, -0.1) is 0 Å². The Labute approximate surface area is 68.1 Å². The second-order valence-corrected chi connectivity index (χ2v) is 2.39. The van der Waals surface area contributed by atoms with Gasteiger partial charge in [0.05, 0.1) is 10.3 Å². The average Bonchev–Trinajstić information content (AvgIpc) is 2.12. The highest BCUT2D eigenvalue weighted by Gasteiger charge is 2.29. The second-order valence-electron chi connectivity index (χ2n) is 2.39. The quantitative estimate of drug-likeness (QED) is 0.543. The summed E-state index contributed by atoms with van der Waals surface area (Å²) in [6.45, 7) is 0. The minimum atomic E-state index is -0.770. The molecule has 0 saturated heterocycles. The zero-order valence-electron chi connectivity index (χ0n) is 6.10. The van der Waals surface area contributed by atoms with E-state index in [9.17, 15) is 9.70 Å². The molecule has 4 heteroatoms. The molecule has 1 aliphatic rings. The van der Waals surface area contributed by atoms with Crippen molar-refractivity contribution >= 4 is 17.9 Å². The number of carbonyl (C=O) groups excluding carboxylic acids is 1. The largest absolute Gasteiger partial charge is 0.584 e. The summed E-state index contributed by atoms with van der Waals surface area (Å²) in [5, 5.41) is 0. The van der Waals surface area contributed by atoms with E-state index >= 15 is 0 Å². The molecule has 0 spiro atoms. The van der Waals surface area contributed by atoms with Crippen LogP contribution in [0.1, 0.15) is 5.56 Å². The summed E-state index contributed by atoms with van der Waals surface area (Å²) in [7, 11) is 0. The Morgan fingerprint density at radius 3 is 2.83 bits per heavy atom. The molecule has 0 bridgehead atoms. The maximum absolute atomic E-state index is 11.1. The molecule has 12 heavy (non-hydrogen) atoms. The first-order valence-electron chi connectivity index (χ1n) is 3.43. The van der Waals surface area contributed by atoms with Gasteiger partial charge in [0.1, 0.15) is 0 Å². The number of carbonyl (C=O) groups is 1. The van der Waals surface area contributed by atoms with Gasteiger partial charge in [0.25, 0.3) is 0 Å². The van der Waals surface area contributed by atoms with Crippen LogP contribution in [0.25, 0.3) is 0 Å². The Morgan fingerprint density at radius 2 is 2.00 bits per heavy atom. The van der Waals surface area contributed by atoms with Crippen LogP contribution in [0.2, 0.25) is 0 Å². The third kappa shape index (κ3) is 0.852. The summed E-state index contributed by atoms with van der Waals surface area (Å²) < 4.78 is 0.287. The summed E-state index contributed by atoms with van der Waals surface area (Å²) in [5.41, 5.74) is 1.03. The predicted octanol–water partition coefficient (Wildman–Crippen LogP) is 1.65. The molecule has 0 atom stereocenters. The molecule has 0 saturated carbocycles. The Morgan fingerprint density at radius 1 is 1.25 bits per heavy atom. The molecule has 0 aliphatic carbocycles. The molecule has 1 aliphatic heterocycles. The number of amides is 2. The van der Waals surface area contributed by atoms with E-state index in [0.717, 1.165) is 0 Å². The molecule has 0 fully saturated rings. The third-order valence-electron chi connectivity index (χ3n) is 1.64. The summed E-state index contributed by atoms with van der Waals surface area (Å²) in [5.74, 6) is 0. The van der Waals surface area contributed by atoms with Crippen LogP contribution in [-0.2, 0) is 0 Å². The fraction of sp³-hybridized carbons (Fsp3) is 0. The molecular weight excluding hydrogens is 156 g/mol. The van der Waals surface area contributed by atoms with Gasteiger partial charge in [-0.1, -0.05) is 17.0 Å². The predicted molar refractivity (Wildman–Crippen MR) is 42.7 cm³/mol. The maximum atomic E-state index is 11.1. The van der Waals surface area contributed by atoms with Crippen molar-refractivity contribution in [3.05, 3.63) is 34.7 Å². The number of hydrogen-bond donors (Lipinski definition) is 0. The molecule has 0 radical (unpaired) electrons. The van der Waals surface area contributed by atoms with Crippen molar-refractivity contribution in [1.29, 1.82) is 0 Å². The van der Waals surface area contributed by atoms with Crippen molar-refractivity contribution in [2.45, 2.75) is 0 Å². The van der Waals surface area contributed by atoms with Crippen LogP contribution in [0.4, 0.5) is 10.5 Å². The van der Waals surface area contributed by atoms with E-state index in [1.54, 1.807) is 24.3 Å². The van der Waals surface area contributed by atoms with Crippen LogP contribution in [0.3, 0.4) is 0 Å². The zero-order chi connectivity index (χ0) is 8.55. The van der Waals surface area contributed by atoms with Crippen LogP contribution in [0, 0.1) is 4.91 Å². The van der Waals surface area contributed by atoms with Crippen molar-refractivity contribution in [3.63, 3.8) is 0 Å². The first-order valence-corrected chi connectivity index (χ1v) is 3.43. The minimum absolute atomic E-state index is 0.287. The lowest BCUT2D eigenvalue weighted by molar-refractivity contribution is -0.354. The van der Waals surface area contributed by atoms with E-state index in [1.807, 2.05) is 0 Å². The third-order valence-corrected chi connectivity index (χ3v) is 1.64. The van der Waals surface area contributed by atoms with Crippen LogP contribution in [-0.4, -0.2) is 17.0 Å². The number of para-hydroxylation sites is 1.